The summed E-state index contributed by atoms with van der Waals surface area (Å²) >= 11 is 5.57. The summed E-state index contributed by atoms with van der Waals surface area (Å²) in [6.45, 7) is 6.41. The summed E-state index contributed by atoms with van der Waals surface area (Å²) in [6.07, 6.45) is -0.973. The number of rotatable bonds is 10. The normalized spacial score (nSPS) is 11.7. The van der Waals surface area contributed by atoms with Gasteiger partial charge in [-0.2, -0.15) is 13.2 Å². The molecule has 3 aromatic carbocycles. The Kier molecular flexibility index (Phi) is 8.75. The molecule has 0 bridgehead atoms. The Morgan fingerprint density at radius 2 is 1.69 bits per heavy atom. The van der Waals surface area contributed by atoms with Gasteiger partial charge in [-0.1, -0.05) is 74.1 Å². The number of carbonyl (C=O) groups is 1. The van der Waals surface area contributed by atoms with Crippen LogP contribution in [-0.2, 0) is 23.8 Å². The standard InChI is InChI=1S/C31H30F3N3OS/c1-20(2)29-16-21(3)4-8-24(29)17-28(39)18-27(38)15-7-22-5-9-23(10-6-22)30-35-19-37(36-30)26-13-11-25(12-14-26)31(32,33)34/h4-6,8-14,16,19-20H,7,15,17-18H2,1-3H3. The van der Waals surface area contributed by atoms with Crippen molar-refractivity contribution in [3.63, 3.8) is 0 Å². The van der Waals surface area contributed by atoms with Gasteiger partial charge >= 0.3 is 6.18 Å². The van der Waals surface area contributed by atoms with Crippen molar-refractivity contribution in [1.29, 1.82) is 0 Å². The molecule has 0 saturated carbocycles. The number of benzene rings is 3. The molecule has 0 fully saturated rings. The van der Waals surface area contributed by atoms with E-state index in [1.54, 1.807) is 0 Å². The van der Waals surface area contributed by atoms with E-state index in [0.717, 1.165) is 28.1 Å². The minimum Gasteiger partial charge on any atom is -0.299 e. The molecule has 8 heteroatoms. The molecule has 202 valence electrons. The van der Waals surface area contributed by atoms with Crippen LogP contribution in [0.1, 0.15) is 60.4 Å². The summed E-state index contributed by atoms with van der Waals surface area (Å²) in [7, 11) is 0. The van der Waals surface area contributed by atoms with Crippen LogP contribution >= 0.6 is 12.2 Å². The maximum Gasteiger partial charge on any atom is 0.416 e. The van der Waals surface area contributed by atoms with Gasteiger partial charge in [0.05, 0.1) is 11.3 Å². The molecule has 0 N–H and O–H groups in total. The van der Waals surface area contributed by atoms with E-state index in [9.17, 15) is 18.0 Å². The first kappa shape index (κ1) is 28.4. The first-order chi connectivity index (χ1) is 18.5. The fourth-order valence-electron chi connectivity index (χ4n) is 4.42. The van der Waals surface area contributed by atoms with Gasteiger partial charge < -0.3 is 0 Å². The van der Waals surface area contributed by atoms with Crippen molar-refractivity contribution in [2.24, 2.45) is 0 Å². The van der Waals surface area contributed by atoms with E-state index in [1.807, 2.05) is 24.3 Å². The number of ketones is 1. The first-order valence-electron chi connectivity index (χ1n) is 12.8. The quantitative estimate of drug-likeness (QED) is 0.189. The van der Waals surface area contributed by atoms with Crippen LogP contribution in [0.3, 0.4) is 0 Å². The largest absolute Gasteiger partial charge is 0.416 e. The van der Waals surface area contributed by atoms with Gasteiger partial charge in [0.15, 0.2) is 5.82 Å². The fourth-order valence-corrected chi connectivity index (χ4v) is 4.74. The van der Waals surface area contributed by atoms with Crippen molar-refractivity contribution in [2.75, 3.05) is 0 Å². The summed E-state index contributed by atoms with van der Waals surface area (Å²) in [6, 6.07) is 18.8. The number of carbonyl (C=O) groups excluding carboxylic acids is 1. The molecule has 4 nitrogen and oxygen atoms in total. The second kappa shape index (κ2) is 12.0. The molecule has 1 heterocycles. The number of hydrogen-bond donors (Lipinski definition) is 0. The molecule has 0 saturated heterocycles. The molecule has 0 amide bonds. The minimum atomic E-state index is -4.39. The summed E-state index contributed by atoms with van der Waals surface area (Å²) in [5, 5.41) is 4.39. The average Bonchev–Trinajstić information content (AvgIpc) is 3.39. The number of alkyl halides is 3. The molecule has 4 rings (SSSR count). The lowest BCUT2D eigenvalue weighted by molar-refractivity contribution is -0.137. The highest BCUT2D eigenvalue weighted by Gasteiger charge is 2.30. The summed E-state index contributed by atoms with van der Waals surface area (Å²) < 4.78 is 39.8. The maximum atomic E-state index is 12.8. The van der Waals surface area contributed by atoms with E-state index in [1.165, 1.54) is 39.8 Å². The van der Waals surface area contributed by atoms with Crippen molar-refractivity contribution < 1.29 is 18.0 Å². The SMILES string of the molecule is Cc1ccc(CC(=S)CC(=O)CCc2ccc(-c3ncn(-c4ccc(C(F)(F)F)cc4)n3)cc2)c(C(C)C)c1. The Hall–Kier alpha value is -3.65. The van der Waals surface area contributed by atoms with Gasteiger partial charge in [0.2, 0.25) is 0 Å². The predicted molar refractivity (Wildman–Crippen MR) is 151 cm³/mol. The highest BCUT2D eigenvalue weighted by molar-refractivity contribution is 7.80. The van der Waals surface area contributed by atoms with Gasteiger partial charge in [0, 0.05) is 29.7 Å². The van der Waals surface area contributed by atoms with Gasteiger partial charge in [0.25, 0.3) is 0 Å². The molecule has 4 aromatic rings. The zero-order valence-corrected chi connectivity index (χ0v) is 22.9. The fraction of sp³-hybridized carbons (Fsp3) is 0.290. The molecular formula is C31H30F3N3OS. The highest BCUT2D eigenvalue weighted by Crippen LogP contribution is 2.29. The van der Waals surface area contributed by atoms with Crippen LogP contribution in [0.15, 0.2) is 73.1 Å². The van der Waals surface area contributed by atoms with Gasteiger partial charge in [-0.05, 0) is 60.2 Å². The van der Waals surface area contributed by atoms with Gasteiger partial charge in [-0.3, -0.25) is 4.79 Å². The van der Waals surface area contributed by atoms with E-state index in [4.69, 9.17) is 12.2 Å². The molecule has 0 atom stereocenters. The van der Waals surface area contributed by atoms with E-state index >= 15 is 0 Å². The number of nitrogens with zero attached hydrogens (tertiary/aromatic N) is 3. The smallest absolute Gasteiger partial charge is 0.299 e. The molecule has 0 aliphatic heterocycles. The number of Topliss-reactive ketones (excluding diaryl/α,β-unsaturated/α-hetero) is 1. The Balaban J connectivity index is 1.31. The van der Waals surface area contributed by atoms with Crippen LogP contribution in [-0.4, -0.2) is 25.4 Å². The van der Waals surface area contributed by atoms with Crippen LogP contribution in [0.5, 0.6) is 0 Å². The van der Waals surface area contributed by atoms with E-state index in [0.29, 0.717) is 43.1 Å². The third-order valence-corrected chi connectivity index (χ3v) is 6.85. The lowest BCUT2D eigenvalue weighted by atomic mass is 9.92. The summed E-state index contributed by atoms with van der Waals surface area (Å²) in [5.41, 5.74) is 5.25. The molecular weight excluding hydrogens is 519 g/mol. The molecule has 39 heavy (non-hydrogen) atoms. The van der Waals surface area contributed by atoms with Crippen molar-refractivity contribution in [3.05, 3.63) is 101 Å². The van der Waals surface area contributed by atoms with Crippen molar-refractivity contribution in [2.45, 2.75) is 58.5 Å². The number of aromatic nitrogens is 3. The number of halogens is 3. The second-order valence-corrected chi connectivity index (χ2v) is 10.6. The molecule has 0 radical (unpaired) electrons. The third-order valence-electron chi connectivity index (χ3n) is 6.56. The van der Waals surface area contributed by atoms with Crippen LogP contribution in [0.4, 0.5) is 13.2 Å². The van der Waals surface area contributed by atoms with Crippen LogP contribution < -0.4 is 0 Å². The topological polar surface area (TPSA) is 47.8 Å². The predicted octanol–water partition coefficient (Wildman–Crippen LogP) is 7.89. The number of aryl methyl sites for hydroxylation is 2. The Bertz CT molecular complexity index is 1460. The van der Waals surface area contributed by atoms with E-state index in [2.05, 4.69) is 49.1 Å². The Labute approximate surface area is 231 Å². The van der Waals surface area contributed by atoms with Gasteiger partial charge in [-0.25, -0.2) is 9.67 Å². The van der Waals surface area contributed by atoms with Crippen LogP contribution in [0.2, 0.25) is 0 Å². The monoisotopic (exact) mass is 549 g/mol. The average molecular weight is 550 g/mol. The zero-order valence-electron chi connectivity index (χ0n) is 22.1. The molecule has 0 unspecified atom stereocenters. The number of hydrogen-bond acceptors (Lipinski definition) is 4. The molecule has 0 aliphatic carbocycles. The van der Waals surface area contributed by atoms with Gasteiger partial charge in [0.1, 0.15) is 12.1 Å². The molecule has 0 aliphatic rings. The van der Waals surface area contributed by atoms with Crippen LogP contribution in [0.25, 0.3) is 17.1 Å². The lowest BCUT2D eigenvalue weighted by Crippen LogP contribution is -2.11. The van der Waals surface area contributed by atoms with Gasteiger partial charge in [-0.15, -0.1) is 5.10 Å². The molecule has 0 spiro atoms. The van der Waals surface area contributed by atoms with E-state index in [-0.39, 0.29) is 5.78 Å². The summed E-state index contributed by atoms with van der Waals surface area (Å²) in [4.78, 5) is 17.7. The Morgan fingerprint density at radius 3 is 2.33 bits per heavy atom. The van der Waals surface area contributed by atoms with Crippen molar-refractivity contribution in [1.82, 2.24) is 14.8 Å². The zero-order chi connectivity index (χ0) is 28.2. The van der Waals surface area contributed by atoms with Crippen LogP contribution in [0, 0.1) is 6.92 Å². The summed E-state index contributed by atoms with van der Waals surface area (Å²) in [5.74, 6) is 0.981. The maximum absolute atomic E-state index is 12.8. The lowest BCUT2D eigenvalue weighted by Gasteiger charge is -2.14. The molecule has 1 aromatic heterocycles. The Morgan fingerprint density at radius 1 is 1.00 bits per heavy atom. The third kappa shape index (κ3) is 7.47. The number of thiocarbonyl (C=S) groups is 1. The minimum absolute atomic E-state index is 0.124. The first-order valence-corrected chi connectivity index (χ1v) is 13.2. The van der Waals surface area contributed by atoms with E-state index < -0.39 is 11.7 Å². The van der Waals surface area contributed by atoms with Crippen molar-refractivity contribution >= 4 is 22.9 Å². The second-order valence-electron chi connectivity index (χ2n) is 10.0. The highest BCUT2D eigenvalue weighted by atomic mass is 32.1. The van der Waals surface area contributed by atoms with Crippen molar-refractivity contribution in [3.8, 4) is 17.1 Å².